The van der Waals surface area contributed by atoms with Crippen molar-refractivity contribution in [2.75, 3.05) is 57.2 Å². The summed E-state index contributed by atoms with van der Waals surface area (Å²) in [5.74, 6) is 0.0374. The van der Waals surface area contributed by atoms with E-state index in [1.807, 2.05) is 74.4 Å². The zero-order valence-electron chi connectivity index (χ0n) is 20.0. The van der Waals surface area contributed by atoms with E-state index in [9.17, 15) is 9.59 Å². The maximum absolute atomic E-state index is 12.8. The summed E-state index contributed by atoms with van der Waals surface area (Å²) < 4.78 is 5.23. The van der Waals surface area contributed by atoms with Gasteiger partial charge < -0.3 is 30.9 Å². The van der Waals surface area contributed by atoms with Gasteiger partial charge in [-0.1, -0.05) is 18.2 Å². The summed E-state index contributed by atoms with van der Waals surface area (Å²) in [7, 11) is 7.82. The molecule has 0 saturated carbocycles. The Labute approximate surface area is 200 Å². The molecule has 34 heavy (non-hydrogen) atoms. The molecule has 0 atom stereocenters. The highest BCUT2D eigenvalue weighted by Crippen LogP contribution is 2.29. The molecular weight excluding hydrogens is 430 g/mol. The van der Waals surface area contributed by atoms with Crippen LogP contribution in [0, 0.1) is 0 Å². The fourth-order valence-electron chi connectivity index (χ4n) is 3.19. The Bertz CT molecular complexity index is 1130. The van der Waals surface area contributed by atoms with Crippen LogP contribution in [0.3, 0.4) is 0 Å². The van der Waals surface area contributed by atoms with Crippen LogP contribution >= 0.6 is 0 Å². The highest BCUT2D eigenvalue weighted by atomic mass is 16.6. The normalized spacial score (nSPS) is 10.6. The van der Waals surface area contributed by atoms with Gasteiger partial charge in [-0.05, 0) is 73.8 Å². The maximum Gasteiger partial charge on any atom is 0.412 e. The Balaban J connectivity index is 1.65. The molecule has 0 aliphatic rings. The van der Waals surface area contributed by atoms with Crippen molar-refractivity contribution in [2.45, 2.75) is 0 Å². The van der Waals surface area contributed by atoms with E-state index in [4.69, 9.17) is 10.5 Å². The van der Waals surface area contributed by atoms with Crippen molar-refractivity contribution in [3.8, 4) is 16.9 Å². The monoisotopic (exact) mass is 461 g/mol. The largest absolute Gasteiger partial charge is 0.412 e. The van der Waals surface area contributed by atoms with Crippen LogP contribution in [0.4, 0.5) is 21.9 Å². The van der Waals surface area contributed by atoms with Crippen LogP contribution in [-0.4, -0.2) is 58.2 Å². The highest BCUT2D eigenvalue weighted by Gasteiger charge is 2.11. The second kappa shape index (κ2) is 11.2. The number of nitrogens with two attached hydrogens (primary N) is 1. The first-order valence-electron chi connectivity index (χ1n) is 10.9. The van der Waals surface area contributed by atoms with Crippen LogP contribution < -0.4 is 26.0 Å². The van der Waals surface area contributed by atoms with Gasteiger partial charge in [0.2, 0.25) is 0 Å². The van der Waals surface area contributed by atoms with Gasteiger partial charge >= 0.3 is 6.09 Å². The van der Waals surface area contributed by atoms with E-state index in [1.54, 1.807) is 30.3 Å². The van der Waals surface area contributed by atoms with Gasteiger partial charge in [-0.25, -0.2) is 4.79 Å². The Morgan fingerprint density at radius 3 is 2.15 bits per heavy atom. The number of ether oxygens (including phenoxy) is 1. The van der Waals surface area contributed by atoms with Gasteiger partial charge in [-0.15, -0.1) is 0 Å². The van der Waals surface area contributed by atoms with Crippen LogP contribution in [0.2, 0.25) is 0 Å². The molecule has 0 fully saturated rings. The molecule has 0 heterocycles. The number of likely N-dealkylation sites (N-methyl/N-ethyl adjacent to an activating group) is 1. The van der Waals surface area contributed by atoms with Crippen molar-refractivity contribution < 1.29 is 14.3 Å². The van der Waals surface area contributed by atoms with Crippen LogP contribution in [0.5, 0.6) is 5.75 Å². The molecule has 0 aromatic heterocycles. The summed E-state index contributed by atoms with van der Waals surface area (Å²) >= 11 is 0. The molecule has 3 rings (SSSR count). The number of amides is 2. The van der Waals surface area contributed by atoms with Gasteiger partial charge in [0.25, 0.3) is 5.91 Å². The maximum atomic E-state index is 12.8. The SMILES string of the molecule is CN(C)CCNC(=O)Oc1ccc(C(=O)Nc2cc(-c3ccc(N(C)C)cc3)ccc2N)cc1. The second-order valence-corrected chi connectivity index (χ2v) is 8.34. The molecule has 0 radical (unpaired) electrons. The summed E-state index contributed by atoms with van der Waals surface area (Å²) in [5.41, 5.74) is 10.6. The molecule has 2 amide bonds. The van der Waals surface area contributed by atoms with E-state index >= 15 is 0 Å². The Kier molecular flexibility index (Phi) is 8.10. The van der Waals surface area contributed by atoms with Gasteiger partial charge in [0.1, 0.15) is 5.75 Å². The number of carbonyl (C=O) groups excluding carboxylic acids is 2. The third-order valence-electron chi connectivity index (χ3n) is 5.17. The summed E-state index contributed by atoms with van der Waals surface area (Å²) in [6, 6.07) is 20.0. The Morgan fingerprint density at radius 1 is 0.882 bits per heavy atom. The molecule has 0 spiro atoms. The first-order valence-corrected chi connectivity index (χ1v) is 10.9. The molecule has 0 bridgehead atoms. The van der Waals surface area contributed by atoms with E-state index in [1.165, 1.54) is 0 Å². The lowest BCUT2D eigenvalue weighted by Crippen LogP contribution is -2.33. The molecular formula is C26H31N5O3. The summed E-state index contributed by atoms with van der Waals surface area (Å²) in [4.78, 5) is 28.6. The first-order chi connectivity index (χ1) is 16.2. The predicted octanol–water partition coefficient (Wildman–Crippen LogP) is 3.90. The molecule has 178 valence electrons. The quantitative estimate of drug-likeness (QED) is 0.440. The number of benzene rings is 3. The Hall–Kier alpha value is -4.04. The van der Waals surface area contributed by atoms with Crippen LogP contribution in [0.1, 0.15) is 10.4 Å². The molecule has 0 aliphatic carbocycles. The fraction of sp³-hybridized carbons (Fsp3) is 0.231. The van der Waals surface area contributed by atoms with E-state index in [2.05, 4.69) is 10.6 Å². The van der Waals surface area contributed by atoms with Gasteiger partial charge in [-0.2, -0.15) is 0 Å². The van der Waals surface area contributed by atoms with E-state index in [0.29, 0.717) is 35.8 Å². The summed E-state index contributed by atoms with van der Waals surface area (Å²) in [6.07, 6.45) is -0.540. The van der Waals surface area contributed by atoms with Crippen LogP contribution in [-0.2, 0) is 0 Å². The lowest BCUT2D eigenvalue weighted by Gasteiger charge is -2.14. The average Bonchev–Trinajstić information content (AvgIpc) is 2.80. The minimum Gasteiger partial charge on any atom is -0.410 e. The first kappa shape index (κ1) is 24.6. The van der Waals surface area contributed by atoms with Crippen LogP contribution in [0.25, 0.3) is 11.1 Å². The van der Waals surface area contributed by atoms with Crippen molar-refractivity contribution in [2.24, 2.45) is 0 Å². The minimum atomic E-state index is -0.540. The number of nitrogens with zero attached hydrogens (tertiary/aromatic N) is 2. The number of nitrogens with one attached hydrogen (secondary N) is 2. The number of carbonyl (C=O) groups is 2. The van der Waals surface area contributed by atoms with Crippen molar-refractivity contribution in [1.29, 1.82) is 0 Å². The minimum absolute atomic E-state index is 0.311. The summed E-state index contributed by atoms with van der Waals surface area (Å²) in [6.45, 7) is 1.19. The number of hydrogen-bond donors (Lipinski definition) is 3. The van der Waals surface area contributed by atoms with E-state index in [-0.39, 0.29) is 5.91 Å². The molecule has 3 aromatic carbocycles. The van der Waals surface area contributed by atoms with Gasteiger partial charge in [-0.3, -0.25) is 4.79 Å². The van der Waals surface area contributed by atoms with Crippen molar-refractivity contribution in [3.63, 3.8) is 0 Å². The zero-order chi connectivity index (χ0) is 24.7. The van der Waals surface area contributed by atoms with Gasteiger partial charge in [0.05, 0.1) is 11.4 Å². The third-order valence-corrected chi connectivity index (χ3v) is 5.17. The van der Waals surface area contributed by atoms with E-state index in [0.717, 1.165) is 16.8 Å². The van der Waals surface area contributed by atoms with Crippen molar-refractivity contribution in [3.05, 3.63) is 72.3 Å². The molecule has 0 aliphatic heterocycles. The standard InChI is InChI=1S/C26H31N5O3/c1-30(2)16-15-28-26(33)34-22-12-7-19(8-13-22)25(32)29-24-17-20(9-14-23(24)27)18-5-10-21(11-6-18)31(3)4/h5-14,17H,15-16,27H2,1-4H3,(H,28,33)(H,29,32). The molecule has 8 nitrogen and oxygen atoms in total. The van der Waals surface area contributed by atoms with Crippen molar-refractivity contribution in [1.82, 2.24) is 10.2 Å². The molecule has 0 saturated heterocycles. The number of nitrogen functional groups attached to an aromatic ring is 1. The molecule has 3 aromatic rings. The smallest absolute Gasteiger partial charge is 0.410 e. The zero-order valence-corrected chi connectivity index (χ0v) is 20.0. The average molecular weight is 462 g/mol. The summed E-state index contributed by atoms with van der Waals surface area (Å²) in [5, 5.41) is 5.54. The van der Waals surface area contributed by atoms with Crippen molar-refractivity contribution >= 4 is 29.1 Å². The lowest BCUT2D eigenvalue weighted by molar-refractivity contribution is 0.102. The molecule has 0 unspecified atom stereocenters. The lowest BCUT2D eigenvalue weighted by atomic mass is 10.0. The van der Waals surface area contributed by atoms with Crippen LogP contribution in [0.15, 0.2) is 66.7 Å². The highest BCUT2D eigenvalue weighted by molar-refractivity contribution is 6.06. The van der Waals surface area contributed by atoms with Gasteiger partial charge in [0, 0.05) is 38.4 Å². The number of rotatable bonds is 8. The van der Waals surface area contributed by atoms with E-state index < -0.39 is 6.09 Å². The number of anilines is 3. The number of hydrogen-bond acceptors (Lipinski definition) is 6. The second-order valence-electron chi connectivity index (χ2n) is 8.34. The van der Waals surface area contributed by atoms with Gasteiger partial charge in [0.15, 0.2) is 0 Å². The predicted molar refractivity (Wildman–Crippen MR) is 138 cm³/mol. The molecule has 4 N–H and O–H groups in total. The fourth-order valence-corrected chi connectivity index (χ4v) is 3.19. The Morgan fingerprint density at radius 2 is 1.53 bits per heavy atom. The molecule has 8 heteroatoms. The topological polar surface area (TPSA) is 99.9 Å². The third kappa shape index (κ3) is 6.73.